The molecule has 1 aromatic heterocycles. The predicted molar refractivity (Wildman–Crippen MR) is 154 cm³/mol. The number of phenols is 1. The lowest BCUT2D eigenvalue weighted by atomic mass is 9.95. The van der Waals surface area contributed by atoms with Crippen molar-refractivity contribution in [3.63, 3.8) is 0 Å². The number of ketones is 1. The Bertz CT molecular complexity index is 1520. The van der Waals surface area contributed by atoms with Crippen LogP contribution in [0.15, 0.2) is 60.7 Å². The third-order valence-corrected chi connectivity index (χ3v) is 7.32. The maximum absolute atomic E-state index is 13.5. The number of esters is 1. The molecular formula is C30H30N2O8S. The molecule has 2 heterocycles. The number of phenolic OH excluding ortho intramolecular Hbond substituents is 1. The quantitative estimate of drug-likeness (QED) is 0.110. The molecule has 1 atom stereocenters. The first-order valence-corrected chi connectivity index (χ1v) is 13.6. The van der Waals surface area contributed by atoms with Crippen molar-refractivity contribution < 1.29 is 38.8 Å². The first kappa shape index (κ1) is 29.3. The zero-order valence-electron chi connectivity index (χ0n) is 23.0. The van der Waals surface area contributed by atoms with Gasteiger partial charge in [0.05, 0.1) is 31.0 Å². The number of carbonyl (C=O) groups excluding carboxylic acids is 3. The van der Waals surface area contributed by atoms with Gasteiger partial charge in [-0.05, 0) is 54.8 Å². The number of anilines is 1. The molecule has 0 radical (unpaired) electrons. The second-order valence-corrected chi connectivity index (χ2v) is 10.6. The molecule has 1 amide bonds. The summed E-state index contributed by atoms with van der Waals surface area (Å²) in [6.07, 6.45) is 1.43. The first-order valence-electron chi connectivity index (χ1n) is 12.7. The number of Topliss-reactive ketones (excluding diaryl/α,β-unsaturated/α-hetero) is 1. The summed E-state index contributed by atoms with van der Waals surface area (Å²) in [6, 6.07) is 9.70. The van der Waals surface area contributed by atoms with Crippen LogP contribution in [-0.2, 0) is 14.3 Å². The molecule has 1 aliphatic rings. The number of aryl methyl sites for hydroxylation is 1. The molecule has 41 heavy (non-hydrogen) atoms. The van der Waals surface area contributed by atoms with Gasteiger partial charge in [-0.3, -0.25) is 14.5 Å². The van der Waals surface area contributed by atoms with Crippen LogP contribution in [0.25, 0.3) is 5.76 Å². The lowest BCUT2D eigenvalue weighted by Crippen LogP contribution is -2.29. The lowest BCUT2D eigenvalue weighted by molar-refractivity contribution is -0.132. The number of hydrogen-bond donors (Lipinski definition) is 2. The molecule has 214 valence electrons. The Kier molecular flexibility index (Phi) is 8.77. The molecule has 10 nitrogen and oxygen atoms in total. The Balaban J connectivity index is 1.85. The molecule has 2 aromatic carbocycles. The Morgan fingerprint density at radius 2 is 1.90 bits per heavy atom. The number of nitrogens with zero attached hydrogens (tertiary/aromatic N) is 2. The summed E-state index contributed by atoms with van der Waals surface area (Å²) in [4.78, 5) is 45.2. The summed E-state index contributed by atoms with van der Waals surface area (Å²) >= 11 is 0.883. The number of benzene rings is 2. The molecule has 0 bridgehead atoms. The van der Waals surface area contributed by atoms with Crippen LogP contribution in [0, 0.1) is 12.8 Å². The minimum atomic E-state index is -1.15. The van der Waals surface area contributed by atoms with Crippen molar-refractivity contribution in [1.29, 1.82) is 0 Å². The third kappa shape index (κ3) is 5.94. The minimum absolute atomic E-state index is 0.00930. The van der Waals surface area contributed by atoms with E-state index in [1.54, 1.807) is 31.2 Å². The van der Waals surface area contributed by atoms with Crippen molar-refractivity contribution in [2.75, 3.05) is 25.2 Å². The summed E-state index contributed by atoms with van der Waals surface area (Å²) in [5.41, 5.74) is 0.766. The molecule has 1 unspecified atom stereocenters. The van der Waals surface area contributed by atoms with Crippen molar-refractivity contribution in [1.82, 2.24) is 4.98 Å². The van der Waals surface area contributed by atoms with Gasteiger partial charge in [0.25, 0.3) is 5.78 Å². The van der Waals surface area contributed by atoms with Gasteiger partial charge < -0.3 is 24.4 Å². The number of aliphatic hydroxyl groups is 1. The number of aromatic nitrogens is 1. The van der Waals surface area contributed by atoms with Gasteiger partial charge in [0.15, 0.2) is 16.6 Å². The number of hydrogen-bond acceptors (Lipinski definition) is 10. The minimum Gasteiger partial charge on any atom is -0.507 e. The van der Waals surface area contributed by atoms with Crippen LogP contribution in [0.5, 0.6) is 17.2 Å². The topological polar surface area (TPSA) is 135 Å². The van der Waals surface area contributed by atoms with Crippen molar-refractivity contribution >= 4 is 39.9 Å². The smallest absolute Gasteiger partial charge is 0.350 e. The highest BCUT2D eigenvalue weighted by molar-refractivity contribution is 7.17. The molecule has 3 aromatic rings. The summed E-state index contributed by atoms with van der Waals surface area (Å²) in [7, 11) is 1.37. The molecule has 0 spiro atoms. The molecular weight excluding hydrogens is 548 g/mol. The second-order valence-electron chi connectivity index (χ2n) is 9.63. The molecule has 1 saturated heterocycles. The molecule has 0 saturated carbocycles. The fourth-order valence-corrected chi connectivity index (χ4v) is 5.20. The van der Waals surface area contributed by atoms with E-state index in [1.807, 2.05) is 13.8 Å². The van der Waals surface area contributed by atoms with Crippen molar-refractivity contribution in [2.45, 2.75) is 26.8 Å². The van der Waals surface area contributed by atoms with Crippen LogP contribution in [-0.4, -0.2) is 53.2 Å². The number of ether oxygens (including phenoxy) is 3. The Labute approximate surface area is 241 Å². The monoisotopic (exact) mass is 578 g/mol. The van der Waals surface area contributed by atoms with E-state index in [-0.39, 0.29) is 33.7 Å². The fourth-order valence-electron chi connectivity index (χ4n) is 4.21. The number of thiazole rings is 1. The van der Waals surface area contributed by atoms with Gasteiger partial charge >= 0.3 is 11.9 Å². The molecule has 0 aliphatic carbocycles. The van der Waals surface area contributed by atoms with E-state index < -0.39 is 29.5 Å². The largest absolute Gasteiger partial charge is 0.507 e. The standard InChI is InChI=1S/C30H30N2O8S/c1-6-13-39-29(37)27-17(4)31-30(41-27)32-24(19-9-12-21(33)22(14-19)38-5)23(26(35)28(32)36)25(34)18-7-10-20(11-8-18)40-15-16(2)3/h6-12,14,16,24,33-34H,1,13,15H2,2-5H3/b25-23+. The van der Waals surface area contributed by atoms with E-state index in [9.17, 15) is 24.6 Å². The summed E-state index contributed by atoms with van der Waals surface area (Å²) in [5, 5.41) is 21.6. The van der Waals surface area contributed by atoms with Crippen LogP contribution in [0.2, 0.25) is 0 Å². The van der Waals surface area contributed by atoms with Crippen LogP contribution in [0.4, 0.5) is 5.13 Å². The zero-order chi connectivity index (χ0) is 29.8. The van der Waals surface area contributed by atoms with E-state index in [2.05, 4.69) is 11.6 Å². The van der Waals surface area contributed by atoms with Gasteiger partial charge in [0.2, 0.25) is 0 Å². The molecule has 4 rings (SSSR count). The number of rotatable bonds is 10. The number of amides is 1. The van der Waals surface area contributed by atoms with Crippen LogP contribution < -0.4 is 14.4 Å². The third-order valence-electron chi connectivity index (χ3n) is 6.18. The Morgan fingerprint density at radius 3 is 2.54 bits per heavy atom. The Morgan fingerprint density at radius 1 is 1.20 bits per heavy atom. The maximum atomic E-state index is 13.5. The SMILES string of the molecule is C=CCOC(=O)c1sc(N2C(=O)C(=O)/C(=C(/O)c3ccc(OCC(C)C)cc3)C2c2ccc(O)c(OC)c2)nc1C. The van der Waals surface area contributed by atoms with Gasteiger partial charge in [-0.1, -0.05) is 43.9 Å². The van der Waals surface area contributed by atoms with Gasteiger partial charge in [-0.2, -0.15) is 0 Å². The average Bonchev–Trinajstić information content (AvgIpc) is 3.47. The summed E-state index contributed by atoms with van der Waals surface area (Å²) < 4.78 is 16.1. The number of carbonyl (C=O) groups is 3. The molecule has 2 N–H and O–H groups in total. The zero-order valence-corrected chi connectivity index (χ0v) is 23.9. The lowest BCUT2D eigenvalue weighted by Gasteiger charge is -2.23. The molecule has 11 heteroatoms. The van der Waals surface area contributed by atoms with Crippen LogP contribution >= 0.6 is 11.3 Å². The van der Waals surface area contributed by atoms with Crippen molar-refractivity contribution in [2.24, 2.45) is 5.92 Å². The van der Waals surface area contributed by atoms with E-state index in [0.29, 0.717) is 35.1 Å². The predicted octanol–water partition coefficient (Wildman–Crippen LogP) is 5.17. The van der Waals surface area contributed by atoms with Gasteiger partial charge in [0.1, 0.15) is 23.0 Å². The van der Waals surface area contributed by atoms with Crippen molar-refractivity contribution in [3.8, 4) is 17.2 Å². The Hall–Kier alpha value is -4.64. The molecule has 1 aliphatic heterocycles. The van der Waals surface area contributed by atoms with Gasteiger partial charge in [0, 0.05) is 5.56 Å². The first-order chi connectivity index (χ1) is 19.6. The highest BCUT2D eigenvalue weighted by Crippen LogP contribution is 2.45. The summed E-state index contributed by atoms with van der Waals surface area (Å²) in [6.45, 7) is 9.66. The van der Waals surface area contributed by atoms with Gasteiger partial charge in [-0.25, -0.2) is 9.78 Å². The van der Waals surface area contributed by atoms with E-state index in [1.165, 1.54) is 31.4 Å². The molecule has 1 fully saturated rings. The highest BCUT2D eigenvalue weighted by Gasteiger charge is 2.48. The number of aliphatic hydroxyl groups excluding tert-OH is 1. The van der Waals surface area contributed by atoms with Gasteiger partial charge in [-0.15, -0.1) is 0 Å². The van der Waals surface area contributed by atoms with Crippen LogP contribution in [0.1, 0.15) is 46.4 Å². The fraction of sp³-hybridized carbons (Fsp3) is 0.267. The van der Waals surface area contributed by atoms with E-state index in [4.69, 9.17) is 14.2 Å². The van der Waals surface area contributed by atoms with E-state index in [0.717, 1.165) is 16.2 Å². The number of aromatic hydroxyl groups is 1. The second kappa shape index (κ2) is 12.3. The normalized spacial score (nSPS) is 16.2. The maximum Gasteiger partial charge on any atom is 0.350 e. The average molecular weight is 579 g/mol. The van der Waals surface area contributed by atoms with Crippen LogP contribution in [0.3, 0.4) is 0 Å². The van der Waals surface area contributed by atoms with Crippen molar-refractivity contribution in [3.05, 3.63) is 82.4 Å². The highest BCUT2D eigenvalue weighted by atomic mass is 32.1. The number of methoxy groups -OCH3 is 1. The summed E-state index contributed by atoms with van der Waals surface area (Å²) in [5.74, 6) is -2.08. The van der Waals surface area contributed by atoms with E-state index >= 15 is 0 Å².